The van der Waals surface area contributed by atoms with Crippen LogP contribution in [0.15, 0.2) is 12.2 Å². The third-order valence-corrected chi connectivity index (χ3v) is 0.496. The molecule has 0 heterocycles. The van der Waals surface area contributed by atoms with Crippen molar-refractivity contribution in [2.75, 3.05) is 13.7 Å². The number of carbonyl (C=O) groups excluding carboxylic acids is 1. The smallest absolute Gasteiger partial charge is 0.147 e. The van der Waals surface area contributed by atoms with Crippen molar-refractivity contribution in [3.05, 3.63) is 12.2 Å². The van der Waals surface area contributed by atoms with E-state index in [1.54, 1.807) is 0 Å². The van der Waals surface area contributed by atoms with Gasteiger partial charge in [0.05, 0.1) is 6.61 Å². The molecule has 0 N–H and O–H groups in total. The van der Waals surface area contributed by atoms with Gasteiger partial charge in [-0.05, 0) is 0 Å². The summed E-state index contributed by atoms with van der Waals surface area (Å²) < 4.78 is 4.56. The van der Waals surface area contributed by atoms with E-state index in [0.717, 1.165) is 0 Å². The number of rotatable bonds is 3. The number of aldehydes is 1. The summed E-state index contributed by atoms with van der Waals surface area (Å²) in [4.78, 5) is 9.72. The zero-order valence-corrected chi connectivity index (χ0v) is 4.31. The first-order valence-corrected chi connectivity index (χ1v) is 1.93. The SMILES string of the molecule is C=C(C=O)COC. The molecule has 0 bridgehead atoms. The number of hydrogen-bond acceptors (Lipinski definition) is 2. The Balaban J connectivity index is 3.17. The van der Waals surface area contributed by atoms with Crippen molar-refractivity contribution in [2.45, 2.75) is 0 Å². The van der Waals surface area contributed by atoms with Gasteiger partial charge in [-0.2, -0.15) is 0 Å². The molecule has 2 nitrogen and oxygen atoms in total. The van der Waals surface area contributed by atoms with Crippen molar-refractivity contribution < 1.29 is 9.53 Å². The van der Waals surface area contributed by atoms with Crippen molar-refractivity contribution in [3.63, 3.8) is 0 Å². The minimum absolute atomic E-state index is 0.337. The normalized spacial score (nSPS) is 8.14. The molecule has 0 unspecified atom stereocenters. The lowest BCUT2D eigenvalue weighted by Crippen LogP contribution is -1.91. The Morgan fingerprint density at radius 3 is 2.71 bits per heavy atom. The van der Waals surface area contributed by atoms with Crippen LogP contribution >= 0.6 is 0 Å². The van der Waals surface area contributed by atoms with Gasteiger partial charge in [0.1, 0.15) is 6.29 Å². The predicted molar refractivity (Wildman–Crippen MR) is 27.1 cm³/mol. The minimum Gasteiger partial charge on any atom is -0.380 e. The maximum atomic E-state index is 9.72. The second kappa shape index (κ2) is 3.56. The summed E-state index contributed by atoms with van der Waals surface area (Å²) in [6, 6.07) is 0. The average molecular weight is 100 g/mol. The Morgan fingerprint density at radius 2 is 2.57 bits per heavy atom. The molecule has 0 saturated carbocycles. The molecule has 2 heteroatoms. The van der Waals surface area contributed by atoms with E-state index in [-0.39, 0.29) is 0 Å². The van der Waals surface area contributed by atoms with Crippen LogP contribution in [0.2, 0.25) is 0 Å². The summed E-state index contributed by atoms with van der Waals surface area (Å²) >= 11 is 0. The fourth-order valence-corrected chi connectivity index (χ4v) is 0.219. The van der Waals surface area contributed by atoms with Crippen molar-refractivity contribution in [3.8, 4) is 0 Å². The van der Waals surface area contributed by atoms with Crippen LogP contribution in [0.3, 0.4) is 0 Å². The van der Waals surface area contributed by atoms with E-state index < -0.39 is 0 Å². The Hall–Kier alpha value is -0.630. The Kier molecular flexibility index (Phi) is 3.24. The molecule has 0 aliphatic rings. The van der Waals surface area contributed by atoms with Crippen molar-refractivity contribution in [2.24, 2.45) is 0 Å². The molecule has 0 rings (SSSR count). The highest BCUT2D eigenvalue weighted by Crippen LogP contribution is 1.80. The van der Waals surface area contributed by atoms with Crippen LogP contribution in [-0.2, 0) is 9.53 Å². The molecule has 0 spiro atoms. The zero-order chi connectivity index (χ0) is 5.70. The zero-order valence-electron chi connectivity index (χ0n) is 4.31. The summed E-state index contributed by atoms with van der Waals surface area (Å²) in [5, 5.41) is 0. The Labute approximate surface area is 42.8 Å². The fraction of sp³-hybridized carbons (Fsp3) is 0.400. The summed E-state index contributed by atoms with van der Waals surface area (Å²) in [7, 11) is 1.52. The Morgan fingerprint density at radius 1 is 2.00 bits per heavy atom. The highest BCUT2D eigenvalue weighted by Gasteiger charge is 1.83. The first kappa shape index (κ1) is 6.37. The van der Waals surface area contributed by atoms with Gasteiger partial charge in [-0.15, -0.1) is 0 Å². The van der Waals surface area contributed by atoms with E-state index in [4.69, 9.17) is 0 Å². The molecule has 0 radical (unpaired) electrons. The van der Waals surface area contributed by atoms with Gasteiger partial charge in [-0.25, -0.2) is 0 Å². The van der Waals surface area contributed by atoms with Crippen LogP contribution < -0.4 is 0 Å². The first-order chi connectivity index (χ1) is 3.31. The van der Waals surface area contributed by atoms with Gasteiger partial charge in [-0.3, -0.25) is 4.79 Å². The van der Waals surface area contributed by atoms with Gasteiger partial charge in [0, 0.05) is 12.7 Å². The number of carbonyl (C=O) groups is 1. The molecule has 0 saturated heterocycles. The van der Waals surface area contributed by atoms with Crippen molar-refractivity contribution in [1.29, 1.82) is 0 Å². The van der Waals surface area contributed by atoms with Crippen LogP contribution in [0.25, 0.3) is 0 Å². The fourth-order valence-electron chi connectivity index (χ4n) is 0.219. The maximum Gasteiger partial charge on any atom is 0.147 e. The molecule has 0 aromatic heterocycles. The second-order valence-corrected chi connectivity index (χ2v) is 1.21. The highest BCUT2D eigenvalue weighted by molar-refractivity contribution is 5.72. The molecule has 7 heavy (non-hydrogen) atoms. The van der Waals surface area contributed by atoms with Gasteiger partial charge in [-0.1, -0.05) is 6.58 Å². The van der Waals surface area contributed by atoms with Gasteiger partial charge in [0.15, 0.2) is 0 Å². The monoisotopic (exact) mass is 100 g/mol. The molecule has 0 aromatic rings. The van der Waals surface area contributed by atoms with Crippen LogP contribution in [0.5, 0.6) is 0 Å². The third kappa shape index (κ3) is 3.19. The van der Waals surface area contributed by atoms with E-state index >= 15 is 0 Å². The lowest BCUT2D eigenvalue weighted by atomic mass is 10.4. The number of ether oxygens (including phenoxy) is 1. The predicted octanol–water partition coefficient (Wildman–Crippen LogP) is 0.388. The molecule has 0 aliphatic carbocycles. The van der Waals surface area contributed by atoms with Crippen LogP contribution in [0.1, 0.15) is 0 Å². The Bertz CT molecular complexity index is 76.1. The van der Waals surface area contributed by atoms with E-state index in [0.29, 0.717) is 18.5 Å². The van der Waals surface area contributed by atoms with E-state index in [2.05, 4.69) is 11.3 Å². The molecular formula is C5H8O2. The van der Waals surface area contributed by atoms with E-state index in [1.165, 1.54) is 7.11 Å². The van der Waals surface area contributed by atoms with Crippen molar-refractivity contribution >= 4 is 6.29 Å². The highest BCUT2D eigenvalue weighted by atomic mass is 16.5. The standard InChI is InChI=1S/C5H8O2/c1-5(3-6)4-7-2/h3H,1,4H2,2H3. The van der Waals surface area contributed by atoms with E-state index in [9.17, 15) is 4.79 Å². The molecule has 0 atom stereocenters. The third-order valence-electron chi connectivity index (χ3n) is 0.496. The molecular weight excluding hydrogens is 92.1 g/mol. The molecule has 0 aromatic carbocycles. The molecule has 0 fully saturated rings. The van der Waals surface area contributed by atoms with Crippen molar-refractivity contribution in [1.82, 2.24) is 0 Å². The van der Waals surface area contributed by atoms with Crippen LogP contribution in [0, 0.1) is 0 Å². The number of methoxy groups -OCH3 is 1. The summed E-state index contributed by atoms with van der Waals surface area (Å²) in [5.74, 6) is 0. The maximum absolute atomic E-state index is 9.72. The largest absolute Gasteiger partial charge is 0.380 e. The molecule has 0 aliphatic heterocycles. The number of hydrogen-bond donors (Lipinski definition) is 0. The van der Waals surface area contributed by atoms with Gasteiger partial charge >= 0.3 is 0 Å². The lowest BCUT2D eigenvalue weighted by Gasteiger charge is -1.89. The van der Waals surface area contributed by atoms with Crippen LogP contribution in [-0.4, -0.2) is 20.0 Å². The summed E-state index contributed by atoms with van der Waals surface area (Å²) in [5.41, 5.74) is 0.475. The molecule has 0 amide bonds. The first-order valence-electron chi connectivity index (χ1n) is 1.93. The second-order valence-electron chi connectivity index (χ2n) is 1.21. The van der Waals surface area contributed by atoms with Gasteiger partial charge < -0.3 is 4.74 Å². The lowest BCUT2D eigenvalue weighted by molar-refractivity contribution is -0.105. The average Bonchev–Trinajstić information content (AvgIpc) is 1.68. The minimum atomic E-state index is 0.337. The van der Waals surface area contributed by atoms with Gasteiger partial charge in [0.2, 0.25) is 0 Å². The summed E-state index contributed by atoms with van der Waals surface area (Å²) in [6.45, 7) is 3.71. The quantitative estimate of drug-likeness (QED) is 0.378. The topological polar surface area (TPSA) is 26.3 Å². The van der Waals surface area contributed by atoms with Crippen LogP contribution in [0.4, 0.5) is 0 Å². The van der Waals surface area contributed by atoms with E-state index in [1.807, 2.05) is 0 Å². The summed E-state index contributed by atoms with van der Waals surface area (Å²) in [6.07, 6.45) is 0.684. The van der Waals surface area contributed by atoms with Gasteiger partial charge in [0.25, 0.3) is 0 Å². The molecule has 40 valence electrons.